The molecule has 0 aromatic heterocycles. The second-order valence-electron chi connectivity index (χ2n) is 5.06. The number of likely N-dealkylation sites (N-methyl/N-ethyl adjacent to an activating group) is 2. The summed E-state index contributed by atoms with van der Waals surface area (Å²) in [5.74, 6) is 0.305. The Morgan fingerprint density at radius 1 is 1.31 bits per heavy atom. The van der Waals surface area contributed by atoms with E-state index in [4.69, 9.17) is 0 Å². The van der Waals surface area contributed by atoms with E-state index >= 15 is 0 Å². The summed E-state index contributed by atoms with van der Waals surface area (Å²) in [4.78, 5) is 16.1. The zero-order valence-corrected chi connectivity index (χ0v) is 10.4. The van der Waals surface area contributed by atoms with Crippen LogP contribution in [0.4, 0.5) is 0 Å². The van der Waals surface area contributed by atoms with Crippen LogP contribution in [0.25, 0.3) is 0 Å². The third-order valence-corrected chi connectivity index (χ3v) is 4.01. The van der Waals surface area contributed by atoms with E-state index in [1.807, 2.05) is 11.9 Å². The van der Waals surface area contributed by atoms with Gasteiger partial charge >= 0.3 is 0 Å². The molecule has 2 aliphatic heterocycles. The summed E-state index contributed by atoms with van der Waals surface area (Å²) in [7, 11) is 4.03. The summed E-state index contributed by atoms with van der Waals surface area (Å²) in [6.07, 6.45) is 4.61. The van der Waals surface area contributed by atoms with Crippen molar-refractivity contribution in [3.63, 3.8) is 0 Å². The molecule has 2 atom stereocenters. The van der Waals surface area contributed by atoms with E-state index in [1.165, 1.54) is 19.3 Å². The van der Waals surface area contributed by atoms with Crippen molar-refractivity contribution in [3.05, 3.63) is 0 Å². The summed E-state index contributed by atoms with van der Waals surface area (Å²) in [5, 5.41) is 3.42. The lowest BCUT2D eigenvalue weighted by Crippen LogP contribution is -2.44. The van der Waals surface area contributed by atoms with E-state index in [9.17, 15) is 4.79 Å². The zero-order chi connectivity index (χ0) is 11.5. The Hall–Kier alpha value is -0.610. The van der Waals surface area contributed by atoms with Crippen LogP contribution in [-0.2, 0) is 4.79 Å². The molecule has 2 unspecified atom stereocenters. The van der Waals surface area contributed by atoms with E-state index in [-0.39, 0.29) is 6.04 Å². The Morgan fingerprint density at radius 3 is 2.81 bits per heavy atom. The van der Waals surface area contributed by atoms with Gasteiger partial charge in [0, 0.05) is 19.6 Å². The Balaban J connectivity index is 1.95. The Kier molecular flexibility index (Phi) is 3.82. The lowest BCUT2D eigenvalue weighted by atomic mass is 10.1. The summed E-state index contributed by atoms with van der Waals surface area (Å²) < 4.78 is 0. The molecular weight excluding hydrogens is 202 g/mol. The average Bonchev–Trinajstić information content (AvgIpc) is 2.53. The lowest BCUT2D eigenvalue weighted by Gasteiger charge is -2.31. The normalized spacial score (nSPS) is 32.2. The number of carbonyl (C=O) groups is 1. The van der Waals surface area contributed by atoms with E-state index in [0.29, 0.717) is 11.9 Å². The van der Waals surface area contributed by atoms with Gasteiger partial charge in [-0.15, -0.1) is 0 Å². The number of likely N-dealkylation sites (tertiary alicyclic amines) is 1. The minimum atomic E-state index is 0.132. The third-order valence-electron chi connectivity index (χ3n) is 4.01. The molecule has 1 N–H and O–H groups in total. The van der Waals surface area contributed by atoms with E-state index in [2.05, 4.69) is 17.3 Å². The molecule has 0 spiro atoms. The quantitative estimate of drug-likeness (QED) is 0.734. The second kappa shape index (κ2) is 5.15. The highest BCUT2D eigenvalue weighted by Crippen LogP contribution is 2.21. The number of hydrogen-bond acceptors (Lipinski definition) is 3. The van der Waals surface area contributed by atoms with Crippen LogP contribution in [0.3, 0.4) is 0 Å². The molecule has 2 aliphatic rings. The van der Waals surface area contributed by atoms with E-state index < -0.39 is 0 Å². The topological polar surface area (TPSA) is 35.6 Å². The molecule has 0 aliphatic carbocycles. The molecular formula is C12H23N3O. The van der Waals surface area contributed by atoms with Gasteiger partial charge in [-0.1, -0.05) is 0 Å². The monoisotopic (exact) mass is 225 g/mol. The van der Waals surface area contributed by atoms with Gasteiger partial charge in [0.05, 0.1) is 6.04 Å². The predicted molar refractivity (Wildman–Crippen MR) is 64.3 cm³/mol. The number of carbonyl (C=O) groups excluding carboxylic acids is 1. The molecule has 2 rings (SSSR count). The Labute approximate surface area is 98.0 Å². The van der Waals surface area contributed by atoms with Gasteiger partial charge in [-0.2, -0.15) is 0 Å². The van der Waals surface area contributed by atoms with Crippen LogP contribution in [0.2, 0.25) is 0 Å². The number of nitrogens with zero attached hydrogens (tertiary/aromatic N) is 2. The van der Waals surface area contributed by atoms with Crippen molar-refractivity contribution in [2.24, 2.45) is 0 Å². The van der Waals surface area contributed by atoms with Gasteiger partial charge in [-0.25, -0.2) is 0 Å². The van der Waals surface area contributed by atoms with Crippen LogP contribution < -0.4 is 5.32 Å². The van der Waals surface area contributed by atoms with Gasteiger partial charge in [0.25, 0.3) is 0 Å². The first-order chi connectivity index (χ1) is 7.70. The highest BCUT2D eigenvalue weighted by atomic mass is 16.2. The van der Waals surface area contributed by atoms with Gasteiger partial charge in [0.2, 0.25) is 5.91 Å². The van der Waals surface area contributed by atoms with Gasteiger partial charge < -0.3 is 10.2 Å². The van der Waals surface area contributed by atoms with Crippen molar-refractivity contribution in [2.75, 3.05) is 33.7 Å². The van der Waals surface area contributed by atoms with Gasteiger partial charge in [0.15, 0.2) is 0 Å². The summed E-state index contributed by atoms with van der Waals surface area (Å²) >= 11 is 0. The Morgan fingerprint density at radius 2 is 2.12 bits per heavy atom. The fourth-order valence-electron chi connectivity index (χ4n) is 2.84. The molecule has 16 heavy (non-hydrogen) atoms. The largest absolute Gasteiger partial charge is 0.344 e. The summed E-state index contributed by atoms with van der Waals surface area (Å²) in [6, 6.07) is 0.712. The van der Waals surface area contributed by atoms with Crippen molar-refractivity contribution in [3.8, 4) is 0 Å². The molecule has 0 aromatic carbocycles. The fourth-order valence-corrected chi connectivity index (χ4v) is 2.84. The highest BCUT2D eigenvalue weighted by molar-refractivity contribution is 5.83. The van der Waals surface area contributed by atoms with Crippen LogP contribution in [0, 0.1) is 0 Å². The maximum absolute atomic E-state index is 11.9. The molecule has 92 valence electrons. The van der Waals surface area contributed by atoms with E-state index in [1.54, 1.807) is 0 Å². The first-order valence-electron chi connectivity index (χ1n) is 6.38. The predicted octanol–water partition coefficient (Wildman–Crippen LogP) is 0.291. The molecule has 0 radical (unpaired) electrons. The van der Waals surface area contributed by atoms with E-state index in [0.717, 1.165) is 26.1 Å². The highest BCUT2D eigenvalue weighted by Gasteiger charge is 2.35. The molecule has 0 aromatic rings. The zero-order valence-electron chi connectivity index (χ0n) is 10.4. The van der Waals surface area contributed by atoms with Gasteiger partial charge in [0.1, 0.15) is 0 Å². The van der Waals surface area contributed by atoms with Crippen LogP contribution >= 0.6 is 0 Å². The minimum Gasteiger partial charge on any atom is -0.344 e. The molecule has 0 saturated carbocycles. The molecule has 1 amide bonds. The molecule has 0 bridgehead atoms. The van der Waals surface area contributed by atoms with Crippen LogP contribution in [0.5, 0.6) is 0 Å². The van der Waals surface area contributed by atoms with Gasteiger partial charge in [-0.3, -0.25) is 9.69 Å². The number of rotatable bonds is 2. The molecule has 4 heteroatoms. The average molecular weight is 225 g/mol. The first-order valence-corrected chi connectivity index (χ1v) is 6.38. The maximum atomic E-state index is 11.9. The number of amides is 1. The van der Waals surface area contributed by atoms with Crippen molar-refractivity contribution in [2.45, 2.75) is 37.8 Å². The first kappa shape index (κ1) is 11.9. The van der Waals surface area contributed by atoms with Crippen molar-refractivity contribution in [1.82, 2.24) is 15.1 Å². The minimum absolute atomic E-state index is 0.132. The molecule has 2 heterocycles. The maximum Gasteiger partial charge on any atom is 0.239 e. The summed E-state index contributed by atoms with van der Waals surface area (Å²) in [5.41, 5.74) is 0. The van der Waals surface area contributed by atoms with Crippen LogP contribution in [-0.4, -0.2) is 61.5 Å². The number of nitrogens with one attached hydrogen (secondary N) is 1. The number of hydrogen-bond donors (Lipinski definition) is 1. The molecule has 4 nitrogen and oxygen atoms in total. The third kappa shape index (κ3) is 2.38. The van der Waals surface area contributed by atoms with Crippen molar-refractivity contribution >= 4 is 5.91 Å². The smallest absolute Gasteiger partial charge is 0.239 e. The molecule has 2 fully saturated rings. The van der Waals surface area contributed by atoms with Crippen LogP contribution in [0.1, 0.15) is 25.7 Å². The lowest BCUT2D eigenvalue weighted by molar-refractivity contribution is -0.131. The van der Waals surface area contributed by atoms with Gasteiger partial charge in [-0.05, 0) is 45.8 Å². The molecule has 2 saturated heterocycles. The van der Waals surface area contributed by atoms with Crippen molar-refractivity contribution in [1.29, 1.82) is 0 Å². The SMILES string of the molecule is CN1CCC(N(C)C2CCCNCC2)C1=O. The van der Waals surface area contributed by atoms with Crippen LogP contribution in [0.15, 0.2) is 0 Å². The Bertz CT molecular complexity index is 249. The standard InChI is InChI=1S/C12H23N3O/c1-14-9-6-11(12(14)16)15(2)10-4-3-7-13-8-5-10/h10-11,13H,3-9H2,1-2H3. The second-order valence-corrected chi connectivity index (χ2v) is 5.06. The summed E-state index contributed by atoms with van der Waals surface area (Å²) in [6.45, 7) is 3.13. The van der Waals surface area contributed by atoms with Crippen molar-refractivity contribution < 1.29 is 4.79 Å². The fraction of sp³-hybridized carbons (Fsp3) is 0.917.